The minimum Gasteiger partial charge on any atom is -0.267 e. The number of nitrogens with zero attached hydrogens (tertiary/aromatic N) is 2. The van der Waals surface area contributed by atoms with Gasteiger partial charge in [-0.3, -0.25) is 4.79 Å². The van der Waals surface area contributed by atoms with Crippen LogP contribution in [0.2, 0.25) is 0 Å². The fraction of sp³-hybridized carbons (Fsp3) is 0.222. The van der Waals surface area contributed by atoms with E-state index in [1.54, 1.807) is 17.6 Å². The number of aryl methyl sites for hydroxylation is 1. The minimum atomic E-state index is -0.246. The second kappa shape index (κ2) is 9.88. The molecular formula is C27H27N3OS. The molecule has 1 atom stereocenters. The third-order valence-corrected chi connectivity index (χ3v) is 6.90. The van der Waals surface area contributed by atoms with Gasteiger partial charge in [-0.25, -0.2) is 10.4 Å². The second-order valence-corrected chi connectivity index (χ2v) is 9.06. The van der Waals surface area contributed by atoms with Crippen LogP contribution in [0.3, 0.4) is 0 Å². The van der Waals surface area contributed by atoms with Crippen LogP contribution < -0.4 is 5.43 Å². The van der Waals surface area contributed by atoms with Gasteiger partial charge in [-0.05, 0) is 48.6 Å². The van der Waals surface area contributed by atoms with Crippen LogP contribution in [0.1, 0.15) is 58.8 Å². The first-order valence-electron chi connectivity index (χ1n) is 11.0. The molecule has 0 radical (unpaired) electrons. The molecule has 162 valence electrons. The van der Waals surface area contributed by atoms with Crippen LogP contribution in [0.5, 0.6) is 0 Å². The molecule has 5 heteroatoms. The SMILES string of the molecule is CCc1ccc(C=NNC(=O)c2cc(-c3ccc([C@@H](C)CC)cc3)nc3ccccc23)s1. The van der Waals surface area contributed by atoms with Gasteiger partial charge in [-0.2, -0.15) is 5.10 Å². The summed E-state index contributed by atoms with van der Waals surface area (Å²) in [6.45, 7) is 6.54. The minimum absolute atomic E-state index is 0.246. The maximum absolute atomic E-state index is 13.0. The summed E-state index contributed by atoms with van der Waals surface area (Å²) in [4.78, 5) is 20.1. The van der Waals surface area contributed by atoms with Gasteiger partial charge in [0, 0.05) is 20.7 Å². The topological polar surface area (TPSA) is 54.4 Å². The molecule has 2 aromatic heterocycles. The quantitative estimate of drug-likeness (QED) is 0.253. The van der Waals surface area contributed by atoms with Crippen molar-refractivity contribution in [1.82, 2.24) is 10.4 Å². The van der Waals surface area contributed by atoms with Crippen LogP contribution in [0.15, 0.2) is 71.8 Å². The van der Waals surface area contributed by atoms with E-state index in [9.17, 15) is 4.79 Å². The molecule has 2 heterocycles. The van der Waals surface area contributed by atoms with E-state index in [-0.39, 0.29) is 5.91 Å². The lowest BCUT2D eigenvalue weighted by atomic mass is 9.96. The Morgan fingerprint density at radius 2 is 1.88 bits per heavy atom. The molecule has 0 spiro atoms. The standard InChI is InChI=1S/C27H27N3OS/c1-4-18(3)19-10-12-20(13-11-19)26-16-24(23-8-6-7-9-25(23)29-26)27(31)30-28-17-22-15-14-21(5-2)32-22/h6-18H,4-5H2,1-3H3,(H,30,31)/t18-/m0/s1. The highest BCUT2D eigenvalue weighted by Crippen LogP contribution is 2.27. The van der Waals surface area contributed by atoms with E-state index >= 15 is 0 Å². The first-order chi connectivity index (χ1) is 15.6. The first kappa shape index (κ1) is 21.9. The number of carbonyl (C=O) groups excluding carboxylic acids is 1. The Morgan fingerprint density at radius 1 is 1.09 bits per heavy atom. The number of hydrazone groups is 1. The highest BCUT2D eigenvalue weighted by atomic mass is 32.1. The smallest absolute Gasteiger partial charge is 0.267 e. The Kier molecular flexibility index (Phi) is 6.76. The maximum Gasteiger partial charge on any atom is 0.272 e. The predicted molar refractivity (Wildman–Crippen MR) is 135 cm³/mol. The van der Waals surface area contributed by atoms with Crippen molar-refractivity contribution >= 4 is 34.4 Å². The van der Waals surface area contributed by atoms with Gasteiger partial charge in [0.25, 0.3) is 5.91 Å². The molecule has 1 N–H and O–H groups in total. The molecule has 0 unspecified atom stereocenters. The summed E-state index contributed by atoms with van der Waals surface area (Å²) < 4.78 is 0. The summed E-state index contributed by atoms with van der Waals surface area (Å²) in [5.74, 6) is 0.272. The van der Waals surface area contributed by atoms with Crippen LogP contribution in [0.25, 0.3) is 22.2 Å². The zero-order chi connectivity index (χ0) is 22.5. The van der Waals surface area contributed by atoms with Crippen molar-refractivity contribution in [1.29, 1.82) is 0 Å². The molecule has 2 aromatic carbocycles. The number of pyridine rings is 1. The Morgan fingerprint density at radius 3 is 2.59 bits per heavy atom. The summed E-state index contributed by atoms with van der Waals surface area (Å²) in [5, 5.41) is 4.99. The zero-order valence-corrected chi connectivity index (χ0v) is 19.4. The molecule has 0 aliphatic rings. The van der Waals surface area contributed by atoms with E-state index in [4.69, 9.17) is 4.98 Å². The summed E-state index contributed by atoms with van der Waals surface area (Å²) >= 11 is 1.68. The van der Waals surface area contributed by atoms with Gasteiger partial charge in [-0.1, -0.05) is 63.2 Å². The average molecular weight is 442 g/mol. The number of amides is 1. The predicted octanol–water partition coefficient (Wildman–Crippen LogP) is 6.80. The van der Waals surface area contributed by atoms with E-state index < -0.39 is 0 Å². The van der Waals surface area contributed by atoms with Crippen molar-refractivity contribution in [2.45, 2.75) is 39.5 Å². The third-order valence-electron chi connectivity index (χ3n) is 5.74. The molecule has 0 saturated carbocycles. The number of hydrogen-bond donors (Lipinski definition) is 1. The van der Waals surface area contributed by atoms with Gasteiger partial charge in [0.05, 0.1) is 23.0 Å². The number of nitrogens with one attached hydrogen (secondary N) is 1. The number of carbonyl (C=O) groups is 1. The highest BCUT2D eigenvalue weighted by Gasteiger charge is 2.14. The fourth-order valence-corrected chi connectivity index (χ4v) is 4.42. The monoisotopic (exact) mass is 441 g/mol. The number of para-hydroxylation sites is 1. The van der Waals surface area contributed by atoms with Gasteiger partial charge >= 0.3 is 0 Å². The lowest BCUT2D eigenvalue weighted by Gasteiger charge is -2.11. The number of hydrogen-bond acceptors (Lipinski definition) is 4. The number of thiophene rings is 1. The molecule has 0 aliphatic carbocycles. The van der Waals surface area contributed by atoms with Crippen LogP contribution in [-0.4, -0.2) is 17.1 Å². The zero-order valence-electron chi connectivity index (χ0n) is 18.6. The Balaban J connectivity index is 1.63. The summed E-state index contributed by atoms with van der Waals surface area (Å²) in [6, 6.07) is 22.1. The molecule has 32 heavy (non-hydrogen) atoms. The first-order valence-corrected chi connectivity index (χ1v) is 11.8. The largest absolute Gasteiger partial charge is 0.272 e. The van der Waals surface area contributed by atoms with Gasteiger partial charge < -0.3 is 0 Å². The summed E-state index contributed by atoms with van der Waals surface area (Å²) in [7, 11) is 0. The molecular weight excluding hydrogens is 414 g/mol. The Hall–Kier alpha value is -3.31. The van der Waals surface area contributed by atoms with Crippen molar-refractivity contribution in [3.05, 3.63) is 87.6 Å². The summed E-state index contributed by atoms with van der Waals surface area (Å²) in [5.41, 5.74) is 7.12. The maximum atomic E-state index is 13.0. The van der Waals surface area contributed by atoms with Crippen LogP contribution in [0.4, 0.5) is 0 Å². The lowest BCUT2D eigenvalue weighted by Crippen LogP contribution is -2.18. The van der Waals surface area contributed by atoms with E-state index in [0.717, 1.165) is 39.9 Å². The van der Waals surface area contributed by atoms with Crippen LogP contribution >= 0.6 is 11.3 Å². The number of benzene rings is 2. The number of aromatic nitrogens is 1. The molecule has 4 aromatic rings. The second-order valence-electron chi connectivity index (χ2n) is 7.86. The fourth-order valence-electron chi connectivity index (χ4n) is 3.60. The van der Waals surface area contributed by atoms with Crippen molar-refractivity contribution in [3.8, 4) is 11.3 Å². The number of fused-ring (bicyclic) bond motifs is 1. The molecule has 0 bridgehead atoms. The van der Waals surface area contributed by atoms with Gasteiger partial charge in [0.1, 0.15) is 0 Å². The van der Waals surface area contributed by atoms with E-state index in [0.29, 0.717) is 11.5 Å². The summed E-state index contributed by atoms with van der Waals surface area (Å²) in [6.07, 6.45) is 3.79. The van der Waals surface area contributed by atoms with Crippen molar-refractivity contribution in [2.24, 2.45) is 5.10 Å². The molecule has 0 fully saturated rings. The third kappa shape index (κ3) is 4.78. The van der Waals surface area contributed by atoms with Crippen LogP contribution in [-0.2, 0) is 6.42 Å². The molecule has 1 amide bonds. The van der Waals surface area contributed by atoms with E-state index in [1.165, 1.54) is 10.4 Å². The van der Waals surface area contributed by atoms with E-state index in [1.807, 2.05) is 36.4 Å². The molecule has 0 saturated heterocycles. The molecule has 0 aliphatic heterocycles. The van der Waals surface area contributed by atoms with E-state index in [2.05, 4.69) is 61.6 Å². The van der Waals surface area contributed by atoms with Crippen LogP contribution in [0, 0.1) is 0 Å². The Bertz CT molecular complexity index is 1260. The Labute approximate surface area is 193 Å². The lowest BCUT2D eigenvalue weighted by molar-refractivity contribution is 0.0956. The highest BCUT2D eigenvalue weighted by molar-refractivity contribution is 7.13. The normalized spacial score (nSPS) is 12.3. The molecule has 4 rings (SSSR count). The van der Waals surface area contributed by atoms with Gasteiger partial charge in [0.15, 0.2) is 0 Å². The average Bonchev–Trinajstić information content (AvgIpc) is 3.31. The number of rotatable bonds is 7. The van der Waals surface area contributed by atoms with Gasteiger partial charge in [0.2, 0.25) is 0 Å². The van der Waals surface area contributed by atoms with Crippen molar-refractivity contribution < 1.29 is 4.79 Å². The molecule has 4 nitrogen and oxygen atoms in total. The van der Waals surface area contributed by atoms with Gasteiger partial charge in [-0.15, -0.1) is 11.3 Å². The van der Waals surface area contributed by atoms with Crippen molar-refractivity contribution in [2.75, 3.05) is 0 Å². The van der Waals surface area contributed by atoms with Crippen molar-refractivity contribution in [3.63, 3.8) is 0 Å².